The van der Waals surface area contributed by atoms with Gasteiger partial charge in [0.1, 0.15) is 5.82 Å². The molecule has 0 spiro atoms. The maximum atomic E-state index is 13.9. The van der Waals surface area contributed by atoms with E-state index < -0.39 is 0 Å². The standard InChI is InChI=1S/C22H26FN3O/c23-19-9-3-4-11-21(19)26-14-12-25(13-15-26)16-22(27)24-20-10-5-7-17-6-1-2-8-18(17)20/h1-4,6,8-9,11,20H,5,7,10,12-16H2,(H,24,27). The van der Waals surface area contributed by atoms with Crippen LogP contribution in [0.4, 0.5) is 10.1 Å². The van der Waals surface area contributed by atoms with E-state index in [-0.39, 0.29) is 17.8 Å². The number of nitrogens with zero attached hydrogens (tertiary/aromatic N) is 2. The number of para-hydroxylation sites is 1. The number of benzene rings is 2. The number of rotatable bonds is 4. The third-order valence-electron chi connectivity index (χ3n) is 5.64. The van der Waals surface area contributed by atoms with Gasteiger partial charge >= 0.3 is 0 Å². The van der Waals surface area contributed by atoms with Gasteiger partial charge in [-0.3, -0.25) is 9.69 Å². The fraction of sp³-hybridized carbons (Fsp3) is 0.409. The monoisotopic (exact) mass is 367 g/mol. The van der Waals surface area contributed by atoms with Crippen molar-refractivity contribution in [1.82, 2.24) is 10.2 Å². The zero-order chi connectivity index (χ0) is 18.6. The van der Waals surface area contributed by atoms with Crippen molar-refractivity contribution < 1.29 is 9.18 Å². The number of anilines is 1. The second kappa shape index (κ2) is 8.09. The van der Waals surface area contributed by atoms with Gasteiger partial charge in [-0.05, 0) is 42.5 Å². The number of aryl methyl sites for hydroxylation is 1. The lowest BCUT2D eigenvalue weighted by molar-refractivity contribution is -0.123. The molecule has 1 N–H and O–H groups in total. The van der Waals surface area contributed by atoms with Crippen LogP contribution in [0.2, 0.25) is 0 Å². The number of hydrogen-bond donors (Lipinski definition) is 1. The fourth-order valence-electron chi connectivity index (χ4n) is 4.20. The van der Waals surface area contributed by atoms with Crippen molar-refractivity contribution >= 4 is 11.6 Å². The van der Waals surface area contributed by atoms with Crippen molar-refractivity contribution in [3.63, 3.8) is 0 Å². The summed E-state index contributed by atoms with van der Waals surface area (Å²) in [6.07, 6.45) is 3.22. The number of hydrogen-bond acceptors (Lipinski definition) is 3. The summed E-state index contributed by atoms with van der Waals surface area (Å²) >= 11 is 0. The summed E-state index contributed by atoms with van der Waals surface area (Å²) in [6.45, 7) is 3.41. The number of piperazine rings is 1. The summed E-state index contributed by atoms with van der Waals surface area (Å²) < 4.78 is 13.9. The molecule has 1 aliphatic carbocycles. The molecular weight excluding hydrogens is 341 g/mol. The van der Waals surface area contributed by atoms with Crippen LogP contribution in [-0.2, 0) is 11.2 Å². The summed E-state index contributed by atoms with van der Waals surface area (Å²) in [6, 6.07) is 15.4. The van der Waals surface area contributed by atoms with E-state index in [1.54, 1.807) is 6.07 Å². The maximum Gasteiger partial charge on any atom is 0.234 e. The van der Waals surface area contributed by atoms with Crippen molar-refractivity contribution in [1.29, 1.82) is 0 Å². The van der Waals surface area contributed by atoms with Crippen molar-refractivity contribution in [2.75, 3.05) is 37.6 Å². The molecule has 142 valence electrons. The van der Waals surface area contributed by atoms with Crippen molar-refractivity contribution in [3.05, 3.63) is 65.5 Å². The molecule has 1 aliphatic heterocycles. The van der Waals surface area contributed by atoms with Gasteiger partial charge in [0.05, 0.1) is 18.3 Å². The van der Waals surface area contributed by atoms with Crippen LogP contribution in [-0.4, -0.2) is 43.5 Å². The lowest BCUT2D eigenvalue weighted by Crippen LogP contribution is -2.50. The van der Waals surface area contributed by atoms with Crippen molar-refractivity contribution in [3.8, 4) is 0 Å². The highest BCUT2D eigenvalue weighted by molar-refractivity contribution is 5.78. The topological polar surface area (TPSA) is 35.6 Å². The SMILES string of the molecule is O=C(CN1CCN(c2ccccc2F)CC1)NC1CCCc2ccccc21. The number of halogens is 1. The molecule has 2 aromatic rings. The van der Waals surface area contributed by atoms with Gasteiger partial charge in [0.15, 0.2) is 0 Å². The van der Waals surface area contributed by atoms with Crippen LogP contribution in [0.3, 0.4) is 0 Å². The number of nitrogens with one attached hydrogen (secondary N) is 1. The van der Waals surface area contributed by atoms with E-state index >= 15 is 0 Å². The molecule has 0 radical (unpaired) electrons. The Hall–Kier alpha value is -2.40. The van der Waals surface area contributed by atoms with E-state index in [0.717, 1.165) is 45.4 Å². The van der Waals surface area contributed by atoms with E-state index in [1.807, 2.05) is 18.2 Å². The Kier molecular flexibility index (Phi) is 5.39. The average Bonchev–Trinajstić information content (AvgIpc) is 2.69. The van der Waals surface area contributed by atoms with E-state index in [1.165, 1.54) is 17.2 Å². The summed E-state index contributed by atoms with van der Waals surface area (Å²) in [7, 11) is 0. The molecule has 4 nitrogen and oxygen atoms in total. The summed E-state index contributed by atoms with van der Waals surface area (Å²) in [5.41, 5.74) is 3.27. The van der Waals surface area contributed by atoms with E-state index in [2.05, 4.69) is 33.3 Å². The first kappa shape index (κ1) is 18.0. The second-order valence-electron chi connectivity index (χ2n) is 7.43. The zero-order valence-corrected chi connectivity index (χ0v) is 15.5. The smallest absolute Gasteiger partial charge is 0.234 e. The molecule has 1 heterocycles. The molecule has 1 atom stereocenters. The number of carbonyl (C=O) groups excluding carboxylic acids is 1. The predicted octanol–water partition coefficient (Wildman–Crippen LogP) is 3.14. The first-order valence-electron chi connectivity index (χ1n) is 9.80. The van der Waals surface area contributed by atoms with Gasteiger partial charge in [0.2, 0.25) is 5.91 Å². The maximum absolute atomic E-state index is 13.9. The Labute approximate surface area is 160 Å². The molecule has 1 amide bonds. The molecule has 1 saturated heterocycles. The highest BCUT2D eigenvalue weighted by Gasteiger charge is 2.24. The first-order chi connectivity index (χ1) is 13.2. The molecule has 2 aromatic carbocycles. The molecular formula is C22H26FN3O. The molecule has 0 saturated carbocycles. The van der Waals surface area contributed by atoms with Crippen LogP contribution in [0.1, 0.15) is 30.0 Å². The van der Waals surface area contributed by atoms with Gasteiger partial charge < -0.3 is 10.2 Å². The molecule has 2 aliphatic rings. The highest BCUT2D eigenvalue weighted by atomic mass is 19.1. The number of amides is 1. The Morgan fingerprint density at radius 1 is 1.04 bits per heavy atom. The average molecular weight is 367 g/mol. The summed E-state index contributed by atoms with van der Waals surface area (Å²) in [5, 5.41) is 3.22. The minimum atomic E-state index is -0.181. The van der Waals surface area contributed by atoms with Gasteiger partial charge in [0.25, 0.3) is 0 Å². The summed E-state index contributed by atoms with van der Waals surface area (Å²) in [5.74, 6) is -0.101. The van der Waals surface area contributed by atoms with Crippen LogP contribution in [0, 0.1) is 5.82 Å². The Morgan fingerprint density at radius 3 is 2.59 bits per heavy atom. The third-order valence-corrected chi connectivity index (χ3v) is 5.64. The van der Waals surface area contributed by atoms with Crippen molar-refractivity contribution in [2.24, 2.45) is 0 Å². The van der Waals surface area contributed by atoms with Gasteiger partial charge in [-0.1, -0.05) is 36.4 Å². The first-order valence-corrected chi connectivity index (χ1v) is 9.80. The van der Waals surface area contributed by atoms with Crippen LogP contribution < -0.4 is 10.2 Å². The van der Waals surface area contributed by atoms with E-state index in [0.29, 0.717) is 12.2 Å². The zero-order valence-electron chi connectivity index (χ0n) is 15.5. The predicted molar refractivity (Wildman–Crippen MR) is 105 cm³/mol. The van der Waals surface area contributed by atoms with E-state index in [9.17, 15) is 9.18 Å². The second-order valence-corrected chi connectivity index (χ2v) is 7.43. The lowest BCUT2D eigenvalue weighted by atomic mass is 9.88. The van der Waals surface area contributed by atoms with Crippen molar-refractivity contribution in [2.45, 2.75) is 25.3 Å². The molecule has 27 heavy (non-hydrogen) atoms. The lowest BCUT2D eigenvalue weighted by Gasteiger charge is -2.36. The normalized spacial score (nSPS) is 20.2. The van der Waals surface area contributed by atoms with Crippen LogP contribution in [0.15, 0.2) is 48.5 Å². The number of fused-ring (bicyclic) bond motifs is 1. The molecule has 1 unspecified atom stereocenters. The fourth-order valence-corrected chi connectivity index (χ4v) is 4.20. The van der Waals surface area contributed by atoms with E-state index in [4.69, 9.17) is 0 Å². The molecule has 0 aromatic heterocycles. The summed E-state index contributed by atoms with van der Waals surface area (Å²) in [4.78, 5) is 16.8. The Balaban J connectivity index is 1.30. The van der Waals surface area contributed by atoms with Gasteiger partial charge in [-0.2, -0.15) is 0 Å². The van der Waals surface area contributed by atoms with Gasteiger partial charge in [0, 0.05) is 26.2 Å². The number of carbonyl (C=O) groups is 1. The largest absolute Gasteiger partial charge is 0.367 e. The highest BCUT2D eigenvalue weighted by Crippen LogP contribution is 2.29. The minimum Gasteiger partial charge on any atom is -0.367 e. The van der Waals surface area contributed by atoms with Crippen LogP contribution in [0.25, 0.3) is 0 Å². The Morgan fingerprint density at radius 2 is 1.78 bits per heavy atom. The van der Waals surface area contributed by atoms with Gasteiger partial charge in [-0.25, -0.2) is 4.39 Å². The quantitative estimate of drug-likeness (QED) is 0.902. The Bertz CT molecular complexity index is 802. The third kappa shape index (κ3) is 4.14. The molecule has 5 heteroatoms. The molecule has 4 rings (SSSR count). The van der Waals surface area contributed by atoms with Gasteiger partial charge in [-0.15, -0.1) is 0 Å². The minimum absolute atomic E-state index is 0.0797. The molecule has 0 bridgehead atoms. The molecule has 1 fully saturated rings. The van der Waals surface area contributed by atoms with Crippen LogP contribution in [0.5, 0.6) is 0 Å². The van der Waals surface area contributed by atoms with Crippen LogP contribution >= 0.6 is 0 Å².